The molecule has 0 aliphatic heterocycles. The minimum absolute atomic E-state index is 0.0929. The van der Waals surface area contributed by atoms with Crippen molar-refractivity contribution in [2.45, 2.75) is 232 Å². The Morgan fingerprint density at radius 2 is 0.656 bits per heavy atom. The normalized spacial score (nSPS) is 12.8. The predicted molar refractivity (Wildman–Crippen MR) is 261 cm³/mol. The lowest BCUT2D eigenvalue weighted by atomic mass is 10.1. The third kappa shape index (κ3) is 47.5. The number of unbranched alkanes of at least 4 members (excludes halogenated alkanes) is 19. The van der Waals surface area contributed by atoms with Crippen LogP contribution in [0.5, 0.6) is 0 Å². The van der Waals surface area contributed by atoms with Crippen molar-refractivity contribution >= 4 is 17.9 Å². The van der Waals surface area contributed by atoms with E-state index >= 15 is 0 Å². The molecule has 0 saturated carbocycles. The molecule has 0 aliphatic carbocycles. The van der Waals surface area contributed by atoms with Crippen LogP contribution in [-0.4, -0.2) is 37.2 Å². The van der Waals surface area contributed by atoms with E-state index in [1.807, 2.05) is 0 Å². The summed E-state index contributed by atoms with van der Waals surface area (Å²) in [7, 11) is 0. The summed E-state index contributed by atoms with van der Waals surface area (Å²) in [6.07, 6.45) is 62.8. The van der Waals surface area contributed by atoms with E-state index in [9.17, 15) is 14.4 Å². The van der Waals surface area contributed by atoms with Crippen LogP contribution < -0.4 is 0 Å². The number of hydrogen-bond donors (Lipinski definition) is 0. The van der Waals surface area contributed by atoms with Gasteiger partial charge in [-0.2, -0.15) is 0 Å². The smallest absolute Gasteiger partial charge is 0.306 e. The van der Waals surface area contributed by atoms with Gasteiger partial charge in [0.05, 0.1) is 0 Å². The maximum absolute atomic E-state index is 12.7. The van der Waals surface area contributed by atoms with Gasteiger partial charge in [0, 0.05) is 19.3 Å². The zero-order chi connectivity index (χ0) is 44.4. The van der Waals surface area contributed by atoms with E-state index < -0.39 is 6.10 Å². The molecule has 0 rings (SSSR count). The molecule has 0 fully saturated rings. The Hall–Kier alpha value is -3.41. The zero-order valence-corrected chi connectivity index (χ0v) is 39.7. The molecule has 0 aromatic carbocycles. The largest absolute Gasteiger partial charge is 0.462 e. The van der Waals surface area contributed by atoms with Crippen LogP contribution in [0.3, 0.4) is 0 Å². The number of carbonyl (C=O) groups excluding carboxylic acids is 3. The highest BCUT2D eigenvalue weighted by Gasteiger charge is 2.19. The van der Waals surface area contributed by atoms with Gasteiger partial charge in [0.25, 0.3) is 0 Å². The molecule has 0 aromatic rings. The highest BCUT2D eigenvalue weighted by molar-refractivity contribution is 5.71. The molecule has 0 spiro atoms. The molecule has 0 N–H and O–H groups in total. The SMILES string of the molecule is CC/C=C\C/C=C\C/C=C\C/C=C\C/C=C\C/C=C\CCCCC(=O)OCC(COC(=O)CCCCCCCCCCCCC)OC(=O)CCCCCCC/C=C\CCCC. The van der Waals surface area contributed by atoms with Crippen molar-refractivity contribution in [3.8, 4) is 0 Å². The van der Waals surface area contributed by atoms with Gasteiger partial charge in [0.1, 0.15) is 13.2 Å². The average molecular weight is 849 g/mol. The van der Waals surface area contributed by atoms with E-state index in [0.29, 0.717) is 19.3 Å². The number of rotatable bonds is 44. The Bertz CT molecular complexity index is 1200. The van der Waals surface area contributed by atoms with Gasteiger partial charge in [-0.25, -0.2) is 0 Å². The highest BCUT2D eigenvalue weighted by atomic mass is 16.6. The molecule has 348 valence electrons. The van der Waals surface area contributed by atoms with Gasteiger partial charge in [-0.15, -0.1) is 0 Å². The van der Waals surface area contributed by atoms with Crippen molar-refractivity contribution < 1.29 is 28.6 Å². The third-order valence-electron chi connectivity index (χ3n) is 10.4. The minimum Gasteiger partial charge on any atom is -0.462 e. The van der Waals surface area contributed by atoms with Gasteiger partial charge < -0.3 is 14.2 Å². The van der Waals surface area contributed by atoms with Gasteiger partial charge in [0.15, 0.2) is 6.10 Å². The summed E-state index contributed by atoms with van der Waals surface area (Å²) in [5.41, 5.74) is 0. The number of ether oxygens (including phenoxy) is 3. The number of esters is 3. The highest BCUT2D eigenvalue weighted by Crippen LogP contribution is 2.14. The molecule has 0 bridgehead atoms. The Morgan fingerprint density at radius 1 is 0.344 bits per heavy atom. The van der Waals surface area contributed by atoms with Gasteiger partial charge in [-0.3, -0.25) is 14.4 Å². The number of allylic oxidation sites excluding steroid dienone is 14. The molecule has 0 saturated heterocycles. The lowest BCUT2D eigenvalue weighted by Crippen LogP contribution is -2.30. The molecule has 0 radical (unpaired) electrons. The van der Waals surface area contributed by atoms with E-state index in [2.05, 4.69) is 106 Å². The van der Waals surface area contributed by atoms with E-state index in [4.69, 9.17) is 14.2 Å². The first-order chi connectivity index (χ1) is 30.0. The van der Waals surface area contributed by atoms with Crippen LogP contribution in [0.4, 0.5) is 0 Å². The topological polar surface area (TPSA) is 78.9 Å². The van der Waals surface area contributed by atoms with Crippen LogP contribution in [0.15, 0.2) is 85.1 Å². The first-order valence-electron chi connectivity index (χ1n) is 25.1. The van der Waals surface area contributed by atoms with E-state index in [0.717, 1.165) is 109 Å². The molecule has 6 nitrogen and oxygen atoms in total. The maximum atomic E-state index is 12.7. The summed E-state index contributed by atoms with van der Waals surface area (Å²) >= 11 is 0. The number of hydrogen-bond acceptors (Lipinski definition) is 6. The summed E-state index contributed by atoms with van der Waals surface area (Å²) in [5.74, 6) is -0.952. The van der Waals surface area contributed by atoms with E-state index in [1.165, 1.54) is 77.0 Å². The summed E-state index contributed by atoms with van der Waals surface area (Å²) in [6, 6.07) is 0. The molecular formula is C55H92O6. The molecule has 1 atom stereocenters. The first-order valence-corrected chi connectivity index (χ1v) is 25.1. The van der Waals surface area contributed by atoms with Crippen LogP contribution in [0.25, 0.3) is 0 Å². The maximum Gasteiger partial charge on any atom is 0.306 e. The van der Waals surface area contributed by atoms with Crippen LogP contribution >= 0.6 is 0 Å². The molecule has 0 heterocycles. The molecule has 6 heteroatoms. The van der Waals surface area contributed by atoms with Crippen molar-refractivity contribution in [1.29, 1.82) is 0 Å². The van der Waals surface area contributed by atoms with Crippen molar-refractivity contribution in [3.63, 3.8) is 0 Å². The Morgan fingerprint density at radius 3 is 1.10 bits per heavy atom. The monoisotopic (exact) mass is 849 g/mol. The lowest BCUT2D eigenvalue weighted by Gasteiger charge is -2.18. The summed E-state index contributed by atoms with van der Waals surface area (Å²) in [5, 5.41) is 0. The fraction of sp³-hybridized carbons (Fsp3) is 0.691. The van der Waals surface area contributed by atoms with E-state index in [1.54, 1.807) is 0 Å². The average Bonchev–Trinajstić information content (AvgIpc) is 3.26. The predicted octanol–water partition coefficient (Wildman–Crippen LogP) is 16.4. The standard InChI is InChI=1S/C55H92O6/c1-4-7-10-13-16-19-22-23-24-25-26-27-28-29-30-31-34-36-39-42-45-48-54(57)60-51-52(61-55(58)49-46-43-40-37-33-21-18-15-12-9-6-3)50-59-53(56)47-44-41-38-35-32-20-17-14-11-8-5-2/h7,10,15-16,18-19,23-24,26-27,29-30,34,36,52H,4-6,8-9,11-14,17,20-22,25,28,31-33,35,37-51H2,1-3H3/b10-7-,18-15-,19-16-,24-23-,27-26-,30-29-,36-34-. The van der Waals surface area contributed by atoms with Gasteiger partial charge >= 0.3 is 17.9 Å². The summed E-state index contributed by atoms with van der Waals surface area (Å²) in [4.78, 5) is 37.8. The number of carbonyl (C=O) groups is 3. The summed E-state index contributed by atoms with van der Waals surface area (Å²) < 4.78 is 16.7. The second-order valence-electron chi connectivity index (χ2n) is 16.3. The zero-order valence-electron chi connectivity index (χ0n) is 39.7. The quantitative estimate of drug-likeness (QED) is 0.0263. The van der Waals surface area contributed by atoms with Gasteiger partial charge in [-0.1, -0.05) is 202 Å². The fourth-order valence-corrected chi connectivity index (χ4v) is 6.60. The fourth-order valence-electron chi connectivity index (χ4n) is 6.60. The first kappa shape index (κ1) is 57.6. The minimum atomic E-state index is -0.795. The molecule has 0 aromatic heterocycles. The van der Waals surface area contributed by atoms with Crippen molar-refractivity contribution in [2.75, 3.05) is 13.2 Å². The molecule has 0 amide bonds. The van der Waals surface area contributed by atoms with Gasteiger partial charge in [-0.05, 0) is 89.9 Å². The van der Waals surface area contributed by atoms with Crippen LogP contribution in [0.1, 0.15) is 226 Å². The van der Waals surface area contributed by atoms with Crippen LogP contribution in [-0.2, 0) is 28.6 Å². The summed E-state index contributed by atoms with van der Waals surface area (Å²) in [6.45, 7) is 6.42. The second kappa shape index (κ2) is 49.2. The van der Waals surface area contributed by atoms with Crippen molar-refractivity contribution in [2.24, 2.45) is 0 Å². The van der Waals surface area contributed by atoms with Gasteiger partial charge in [0.2, 0.25) is 0 Å². The lowest BCUT2D eigenvalue weighted by molar-refractivity contribution is -0.167. The molecule has 1 unspecified atom stereocenters. The Labute approximate surface area is 375 Å². The Kier molecular flexibility index (Phi) is 46.5. The van der Waals surface area contributed by atoms with E-state index in [-0.39, 0.29) is 31.1 Å². The second-order valence-corrected chi connectivity index (χ2v) is 16.3. The molecular weight excluding hydrogens is 757 g/mol. The van der Waals surface area contributed by atoms with Crippen LogP contribution in [0.2, 0.25) is 0 Å². The van der Waals surface area contributed by atoms with Crippen LogP contribution in [0, 0.1) is 0 Å². The van der Waals surface area contributed by atoms with Crippen molar-refractivity contribution in [3.05, 3.63) is 85.1 Å². The Balaban J connectivity index is 4.41. The molecule has 61 heavy (non-hydrogen) atoms. The third-order valence-corrected chi connectivity index (χ3v) is 10.4. The molecule has 0 aliphatic rings. The van der Waals surface area contributed by atoms with Crippen molar-refractivity contribution in [1.82, 2.24) is 0 Å².